The fraction of sp³-hybridized carbons (Fsp3) is 0.360. The van der Waals surface area contributed by atoms with E-state index in [4.69, 9.17) is 9.57 Å². The first-order chi connectivity index (χ1) is 17.1. The van der Waals surface area contributed by atoms with Crippen LogP contribution in [0.3, 0.4) is 0 Å². The molecule has 36 heavy (non-hydrogen) atoms. The highest BCUT2D eigenvalue weighted by molar-refractivity contribution is 7.90. The van der Waals surface area contributed by atoms with Crippen molar-refractivity contribution in [2.75, 3.05) is 24.9 Å². The summed E-state index contributed by atoms with van der Waals surface area (Å²) in [5.41, 5.74) is 6.66. The molecule has 4 rings (SSSR count). The van der Waals surface area contributed by atoms with E-state index in [1.807, 2.05) is 38.1 Å². The number of carbonyl (C=O) groups excluding carboxylic acids is 1. The molecule has 0 saturated carbocycles. The molecular weight excluding hydrogens is 482 g/mol. The number of ether oxygens (including phenoxy) is 1. The molecule has 0 fully saturated rings. The Morgan fingerprint density at radius 1 is 1.33 bits per heavy atom. The van der Waals surface area contributed by atoms with Gasteiger partial charge in [-0.05, 0) is 62.1 Å². The third kappa shape index (κ3) is 5.46. The zero-order chi connectivity index (χ0) is 26.0. The Labute approximate surface area is 211 Å². The van der Waals surface area contributed by atoms with Gasteiger partial charge >= 0.3 is 0 Å². The maximum absolute atomic E-state index is 12.5. The van der Waals surface area contributed by atoms with Crippen molar-refractivity contribution < 1.29 is 22.8 Å². The molecule has 1 aliphatic carbocycles. The first-order valence-electron chi connectivity index (χ1n) is 11.5. The number of amides is 1. The number of benzene rings is 2. The Bertz CT molecular complexity index is 1350. The van der Waals surface area contributed by atoms with Gasteiger partial charge in [0.1, 0.15) is 17.6 Å². The molecule has 2 aliphatic rings. The molecule has 190 valence electrons. The molecule has 0 bridgehead atoms. The van der Waals surface area contributed by atoms with Gasteiger partial charge in [0.2, 0.25) is 15.9 Å². The monoisotopic (exact) mass is 511 g/mol. The van der Waals surface area contributed by atoms with Crippen LogP contribution in [0.1, 0.15) is 48.6 Å². The standard InChI is InChI=1S/C25H29N5O5S/c1-16(2)34-23-11-8-17(12-18(23)13-26)24-14-30(28-35-24)22-7-5-6-19-20(22)9-10-21(19)27-36(32,33)15-25(31)29(3)4/h5-8,11-12,14,16,21,27-28H,9-10,15H2,1-4H3/t21-/m0/s1. The zero-order valence-corrected chi connectivity index (χ0v) is 21.4. The quantitative estimate of drug-likeness (QED) is 0.554. The number of anilines is 1. The van der Waals surface area contributed by atoms with Crippen molar-refractivity contribution in [2.45, 2.75) is 38.8 Å². The minimum Gasteiger partial charge on any atom is -0.490 e. The van der Waals surface area contributed by atoms with Crippen molar-refractivity contribution >= 4 is 27.4 Å². The molecule has 2 aromatic rings. The molecule has 1 heterocycles. The van der Waals surface area contributed by atoms with Gasteiger partial charge in [-0.1, -0.05) is 17.7 Å². The van der Waals surface area contributed by atoms with E-state index in [0.717, 1.165) is 16.8 Å². The Kier molecular flexibility index (Phi) is 7.21. The lowest BCUT2D eigenvalue weighted by Gasteiger charge is -2.19. The van der Waals surface area contributed by atoms with E-state index in [0.29, 0.717) is 35.5 Å². The van der Waals surface area contributed by atoms with Crippen molar-refractivity contribution in [1.29, 1.82) is 5.26 Å². The van der Waals surface area contributed by atoms with Crippen LogP contribution >= 0.6 is 0 Å². The van der Waals surface area contributed by atoms with Crippen LogP contribution in [-0.2, 0) is 26.1 Å². The third-order valence-corrected chi connectivity index (χ3v) is 7.16. The maximum atomic E-state index is 12.5. The number of nitrogens with zero attached hydrogens (tertiary/aromatic N) is 3. The summed E-state index contributed by atoms with van der Waals surface area (Å²) in [4.78, 5) is 18.9. The van der Waals surface area contributed by atoms with E-state index in [1.54, 1.807) is 23.3 Å². The number of fused-ring (bicyclic) bond motifs is 1. The smallest absolute Gasteiger partial charge is 0.238 e. The number of carbonyl (C=O) groups is 1. The summed E-state index contributed by atoms with van der Waals surface area (Å²) in [6.45, 7) is 3.80. The van der Waals surface area contributed by atoms with Gasteiger partial charge in [-0.3, -0.25) is 4.79 Å². The Hall–Kier alpha value is -3.59. The molecule has 11 heteroatoms. The van der Waals surface area contributed by atoms with Crippen LogP contribution < -0.4 is 20.1 Å². The van der Waals surface area contributed by atoms with Crippen molar-refractivity contribution in [2.24, 2.45) is 0 Å². The SMILES string of the molecule is CC(C)Oc1ccc(C2=CN(c3cccc4c3CC[C@@H]4NS(=O)(=O)CC(=O)N(C)C)NO2)cc1C#N. The molecule has 1 aliphatic heterocycles. The molecule has 0 unspecified atom stereocenters. The van der Waals surface area contributed by atoms with E-state index in [2.05, 4.69) is 16.4 Å². The molecule has 2 N–H and O–H groups in total. The van der Waals surface area contributed by atoms with Crippen molar-refractivity contribution in [1.82, 2.24) is 15.2 Å². The van der Waals surface area contributed by atoms with Crippen LogP contribution in [0.2, 0.25) is 0 Å². The molecule has 0 aromatic heterocycles. The highest BCUT2D eigenvalue weighted by Crippen LogP contribution is 2.39. The summed E-state index contributed by atoms with van der Waals surface area (Å²) < 4.78 is 33.5. The summed E-state index contributed by atoms with van der Waals surface area (Å²) in [7, 11) is -0.741. The second-order valence-corrected chi connectivity index (χ2v) is 10.9. The fourth-order valence-electron chi connectivity index (χ4n) is 4.18. The van der Waals surface area contributed by atoms with Crippen LogP contribution in [0.4, 0.5) is 5.69 Å². The van der Waals surface area contributed by atoms with Gasteiger partial charge in [0.05, 0.1) is 23.6 Å². The summed E-state index contributed by atoms with van der Waals surface area (Å²) in [5.74, 6) is -0.0296. The minimum absolute atomic E-state index is 0.0518. The normalized spacial score (nSPS) is 16.8. The number of hydrogen-bond acceptors (Lipinski definition) is 8. The zero-order valence-electron chi connectivity index (χ0n) is 20.6. The number of hydrazine groups is 1. The van der Waals surface area contributed by atoms with Crippen LogP contribution in [0, 0.1) is 11.3 Å². The number of hydrogen-bond donors (Lipinski definition) is 2. The molecule has 1 amide bonds. The van der Waals surface area contributed by atoms with Gasteiger partial charge in [-0.2, -0.15) is 5.26 Å². The second kappa shape index (κ2) is 10.2. The van der Waals surface area contributed by atoms with Crippen LogP contribution in [0.15, 0.2) is 42.6 Å². The number of rotatable bonds is 8. The van der Waals surface area contributed by atoms with Gasteiger partial charge in [0, 0.05) is 25.7 Å². The van der Waals surface area contributed by atoms with Gasteiger partial charge in [0.15, 0.2) is 5.76 Å². The lowest BCUT2D eigenvalue weighted by atomic mass is 10.1. The predicted molar refractivity (Wildman–Crippen MR) is 135 cm³/mol. The lowest BCUT2D eigenvalue weighted by Crippen LogP contribution is -2.37. The minimum atomic E-state index is -3.79. The average Bonchev–Trinajstić information content (AvgIpc) is 3.46. The van der Waals surface area contributed by atoms with Gasteiger partial charge in [-0.25, -0.2) is 18.1 Å². The number of nitrogens with one attached hydrogen (secondary N) is 2. The number of sulfonamides is 1. The highest BCUT2D eigenvalue weighted by atomic mass is 32.2. The molecule has 2 aromatic carbocycles. The van der Waals surface area contributed by atoms with Gasteiger partial charge < -0.3 is 14.5 Å². The summed E-state index contributed by atoms with van der Waals surface area (Å²) >= 11 is 0. The van der Waals surface area contributed by atoms with Crippen LogP contribution in [0.5, 0.6) is 5.75 Å². The lowest BCUT2D eigenvalue weighted by molar-refractivity contribution is -0.125. The largest absolute Gasteiger partial charge is 0.490 e. The Balaban J connectivity index is 1.55. The molecular formula is C25H29N5O5S. The van der Waals surface area contributed by atoms with E-state index >= 15 is 0 Å². The predicted octanol–water partition coefficient (Wildman–Crippen LogP) is 2.60. The molecule has 0 saturated heterocycles. The molecule has 10 nitrogen and oxygen atoms in total. The van der Waals surface area contributed by atoms with E-state index in [-0.39, 0.29) is 6.10 Å². The van der Waals surface area contributed by atoms with Gasteiger partial charge in [0.25, 0.3) is 0 Å². The van der Waals surface area contributed by atoms with E-state index in [9.17, 15) is 18.5 Å². The van der Waals surface area contributed by atoms with Crippen LogP contribution in [0.25, 0.3) is 5.76 Å². The van der Waals surface area contributed by atoms with Crippen molar-refractivity contribution in [3.05, 3.63) is 64.9 Å². The van der Waals surface area contributed by atoms with Crippen molar-refractivity contribution in [3.63, 3.8) is 0 Å². The number of nitriles is 1. The first kappa shape index (κ1) is 25.5. The fourth-order valence-corrected chi connectivity index (χ4v) is 5.53. The molecule has 1 atom stereocenters. The van der Waals surface area contributed by atoms with E-state index in [1.165, 1.54) is 19.0 Å². The Morgan fingerprint density at radius 3 is 2.81 bits per heavy atom. The highest BCUT2D eigenvalue weighted by Gasteiger charge is 2.31. The topological polar surface area (TPSA) is 124 Å². The van der Waals surface area contributed by atoms with Crippen LogP contribution in [-0.4, -0.2) is 45.2 Å². The Morgan fingerprint density at radius 2 is 2.11 bits per heavy atom. The molecule has 0 radical (unpaired) electrons. The summed E-state index contributed by atoms with van der Waals surface area (Å²) in [6, 6.07) is 12.7. The summed E-state index contributed by atoms with van der Waals surface area (Å²) in [6.07, 6.45) is 2.96. The molecule has 0 spiro atoms. The third-order valence-electron chi connectivity index (χ3n) is 5.89. The maximum Gasteiger partial charge on any atom is 0.238 e. The average molecular weight is 512 g/mol. The first-order valence-corrected chi connectivity index (χ1v) is 13.2. The van der Waals surface area contributed by atoms with E-state index < -0.39 is 27.7 Å². The van der Waals surface area contributed by atoms with Gasteiger partial charge in [-0.15, -0.1) is 0 Å². The second-order valence-electron chi connectivity index (χ2n) is 9.15. The van der Waals surface area contributed by atoms with Crippen molar-refractivity contribution in [3.8, 4) is 11.8 Å². The summed E-state index contributed by atoms with van der Waals surface area (Å²) in [5, 5.41) is 11.3.